The summed E-state index contributed by atoms with van der Waals surface area (Å²) in [7, 11) is 0. The van der Waals surface area contributed by atoms with Gasteiger partial charge in [-0.05, 0) is 42.5 Å². The predicted octanol–water partition coefficient (Wildman–Crippen LogP) is 3.58. The van der Waals surface area contributed by atoms with Crippen LogP contribution >= 0.6 is 11.6 Å². The first-order chi connectivity index (χ1) is 10.2. The highest BCUT2D eigenvalue weighted by molar-refractivity contribution is 6.31. The summed E-state index contributed by atoms with van der Waals surface area (Å²) in [6.45, 7) is 0. The first-order valence-corrected chi connectivity index (χ1v) is 7.55. The van der Waals surface area contributed by atoms with Crippen molar-refractivity contribution in [2.24, 2.45) is 5.84 Å². The molecule has 0 aliphatic heterocycles. The van der Waals surface area contributed by atoms with E-state index in [1.54, 1.807) is 12.1 Å². The van der Waals surface area contributed by atoms with E-state index in [-0.39, 0.29) is 11.9 Å². The Balaban J connectivity index is 1.87. The summed E-state index contributed by atoms with van der Waals surface area (Å²) in [5.41, 5.74) is 6.07. The lowest BCUT2D eigenvalue weighted by molar-refractivity contribution is 0.428. The molecule has 110 valence electrons. The Morgan fingerprint density at radius 3 is 2.81 bits per heavy atom. The monoisotopic (exact) mass is 304 g/mol. The maximum absolute atomic E-state index is 14.0. The van der Waals surface area contributed by atoms with Gasteiger partial charge in [-0.15, -0.1) is 0 Å². The van der Waals surface area contributed by atoms with Crippen LogP contribution in [0, 0.1) is 5.82 Å². The van der Waals surface area contributed by atoms with Crippen molar-refractivity contribution in [1.82, 2.24) is 5.43 Å². The lowest BCUT2D eigenvalue weighted by Crippen LogP contribution is -2.41. The largest absolute Gasteiger partial charge is 0.271 e. The smallest absolute Gasteiger partial charge is 0.127 e. The minimum absolute atomic E-state index is 0.0250. The van der Waals surface area contributed by atoms with Gasteiger partial charge in [0, 0.05) is 22.5 Å². The van der Waals surface area contributed by atoms with Crippen molar-refractivity contribution in [3.8, 4) is 0 Å². The number of aryl methyl sites for hydroxylation is 1. The topological polar surface area (TPSA) is 38.0 Å². The van der Waals surface area contributed by atoms with Crippen LogP contribution in [-0.4, -0.2) is 6.04 Å². The van der Waals surface area contributed by atoms with Crippen LogP contribution in [0.2, 0.25) is 5.02 Å². The molecule has 0 radical (unpaired) electrons. The Kier molecular flexibility index (Phi) is 4.24. The molecule has 0 fully saturated rings. The normalized spacial score (nSPS) is 18.5. The number of rotatable bonds is 4. The molecular formula is C17H18ClFN2. The van der Waals surface area contributed by atoms with Crippen LogP contribution in [0.4, 0.5) is 4.39 Å². The highest BCUT2D eigenvalue weighted by Gasteiger charge is 2.30. The van der Waals surface area contributed by atoms with Gasteiger partial charge in [0.1, 0.15) is 5.82 Å². The van der Waals surface area contributed by atoms with Crippen LogP contribution in [0.15, 0.2) is 42.5 Å². The highest BCUT2D eigenvalue weighted by Crippen LogP contribution is 2.36. The molecule has 0 aromatic heterocycles. The lowest BCUT2D eigenvalue weighted by atomic mass is 9.89. The van der Waals surface area contributed by atoms with Crippen LogP contribution in [0.25, 0.3) is 0 Å². The third kappa shape index (κ3) is 2.82. The van der Waals surface area contributed by atoms with E-state index in [0.717, 1.165) is 12.8 Å². The number of nitrogens with one attached hydrogen (secondary N) is 1. The Bertz CT molecular complexity index is 624. The fraction of sp³-hybridized carbons (Fsp3) is 0.294. The molecule has 0 bridgehead atoms. The van der Waals surface area contributed by atoms with Gasteiger partial charge in [0.15, 0.2) is 0 Å². The highest BCUT2D eigenvalue weighted by atomic mass is 35.5. The quantitative estimate of drug-likeness (QED) is 0.669. The molecule has 4 heteroatoms. The van der Waals surface area contributed by atoms with E-state index < -0.39 is 0 Å². The van der Waals surface area contributed by atoms with Crippen molar-refractivity contribution in [2.45, 2.75) is 31.2 Å². The Hall–Kier alpha value is -1.42. The summed E-state index contributed by atoms with van der Waals surface area (Å²) in [6, 6.07) is 13.1. The molecule has 0 heterocycles. The van der Waals surface area contributed by atoms with Crippen LogP contribution in [0.3, 0.4) is 0 Å². The number of nitrogens with two attached hydrogens (primary N) is 1. The summed E-state index contributed by atoms with van der Waals surface area (Å²) < 4.78 is 14.0. The maximum atomic E-state index is 14.0. The second-order valence-electron chi connectivity index (χ2n) is 5.52. The van der Waals surface area contributed by atoms with E-state index in [0.29, 0.717) is 22.9 Å². The molecule has 0 amide bonds. The second kappa shape index (κ2) is 6.14. The van der Waals surface area contributed by atoms with E-state index in [2.05, 4.69) is 23.6 Å². The Morgan fingerprint density at radius 1 is 1.24 bits per heavy atom. The van der Waals surface area contributed by atoms with Crippen LogP contribution < -0.4 is 11.3 Å². The number of hydrazine groups is 1. The molecule has 21 heavy (non-hydrogen) atoms. The van der Waals surface area contributed by atoms with Crippen LogP contribution in [-0.2, 0) is 12.8 Å². The number of halogens is 2. The molecule has 2 aromatic carbocycles. The predicted molar refractivity (Wildman–Crippen MR) is 83.7 cm³/mol. The lowest BCUT2D eigenvalue weighted by Gasteiger charge is -2.24. The van der Waals surface area contributed by atoms with Gasteiger partial charge in [-0.3, -0.25) is 11.3 Å². The maximum Gasteiger partial charge on any atom is 0.127 e. The van der Waals surface area contributed by atoms with E-state index in [4.69, 9.17) is 17.4 Å². The number of hydrogen-bond acceptors (Lipinski definition) is 2. The fourth-order valence-corrected chi connectivity index (χ4v) is 3.51. The van der Waals surface area contributed by atoms with Crippen molar-refractivity contribution in [3.05, 3.63) is 70.0 Å². The van der Waals surface area contributed by atoms with Gasteiger partial charge >= 0.3 is 0 Å². The summed E-state index contributed by atoms with van der Waals surface area (Å²) in [6.07, 6.45) is 2.56. The molecule has 1 aliphatic carbocycles. The fourth-order valence-electron chi connectivity index (χ4n) is 3.27. The zero-order valence-corrected chi connectivity index (χ0v) is 12.4. The van der Waals surface area contributed by atoms with E-state index in [1.165, 1.54) is 17.2 Å². The molecule has 2 atom stereocenters. The third-order valence-electron chi connectivity index (χ3n) is 4.36. The third-order valence-corrected chi connectivity index (χ3v) is 4.72. The number of hydrogen-bond donors (Lipinski definition) is 2. The summed E-state index contributed by atoms with van der Waals surface area (Å²) in [4.78, 5) is 0. The van der Waals surface area contributed by atoms with E-state index >= 15 is 0 Å². The molecule has 0 saturated heterocycles. The van der Waals surface area contributed by atoms with Gasteiger partial charge in [-0.25, -0.2) is 4.39 Å². The number of fused-ring (bicyclic) bond motifs is 1. The van der Waals surface area contributed by atoms with E-state index in [1.807, 2.05) is 6.07 Å². The zero-order valence-electron chi connectivity index (χ0n) is 11.7. The van der Waals surface area contributed by atoms with Crippen molar-refractivity contribution in [3.63, 3.8) is 0 Å². The molecule has 3 N–H and O–H groups in total. The standard InChI is InChI=1S/C17H18ClFN2/c18-15-6-3-7-16(19)14(15)10-17(21-20)13-9-8-11-4-1-2-5-12(11)13/h1-7,13,17,21H,8-10,20H2. The molecular weight excluding hydrogens is 287 g/mol. The molecule has 2 aromatic rings. The van der Waals surface area contributed by atoms with Gasteiger partial charge in [-0.2, -0.15) is 0 Å². The summed E-state index contributed by atoms with van der Waals surface area (Å²) in [5.74, 6) is 5.77. The molecule has 0 saturated carbocycles. The first kappa shape index (κ1) is 14.5. The minimum atomic E-state index is -0.269. The number of benzene rings is 2. The van der Waals surface area contributed by atoms with E-state index in [9.17, 15) is 4.39 Å². The van der Waals surface area contributed by atoms with Gasteiger partial charge < -0.3 is 0 Å². The molecule has 2 nitrogen and oxygen atoms in total. The van der Waals surface area contributed by atoms with Gasteiger partial charge in [-0.1, -0.05) is 41.9 Å². The van der Waals surface area contributed by atoms with Crippen molar-refractivity contribution in [2.75, 3.05) is 0 Å². The average Bonchev–Trinajstić information content (AvgIpc) is 2.91. The van der Waals surface area contributed by atoms with Crippen molar-refractivity contribution in [1.29, 1.82) is 0 Å². The SMILES string of the molecule is NNC(Cc1c(F)cccc1Cl)C1CCc2ccccc21. The molecule has 2 unspecified atom stereocenters. The summed E-state index contributed by atoms with van der Waals surface area (Å²) >= 11 is 6.13. The first-order valence-electron chi connectivity index (χ1n) is 7.17. The average molecular weight is 305 g/mol. The molecule has 1 aliphatic rings. The summed E-state index contributed by atoms with van der Waals surface area (Å²) in [5, 5.41) is 0.460. The minimum Gasteiger partial charge on any atom is -0.271 e. The Labute approximate surface area is 129 Å². The molecule has 0 spiro atoms. The van der Waals surface area contributed by atoms with Gasteiger partial charge in [0.25, 0.3) is 0 Å². The van der Waals surface area contributed by atoms with Gasteiger partial charge in [0.05, 0.1) is 0 Å². The van der Waals surface area contributed by atoms with Crippen molar-refractivity contribution >= 4 is 11.6 Å². The van der Waals surface area contributed by atoms with Gasteiger partial charge in [0.2, 0.25) is 0 Å². The van der Waals surface area contributed by atoms with Crippen LogP contribution in [0.1, 0.15) is 29.0 Å². The van der Waals surface area contributed by atoms with Crippen LogP contribution in [0.5, 0.6) is 0 Å². The zero-order chi connectivity index (χ0) is 14.8. The van der Waals surface area contributed by atoms with Crippen molar-refractivity contribution < 1.29 is 4.39 Å². The molecule has 3 rings (SSSR count). The Morgan fingerprint density at radius 2 is 2.05 bits per heavy atom. The second-order valence-corrected chi connectivity index (χ2v) is 5.93.